The fourth-order valence-electron chi connectivity index (χ4n) is 3.17. The van der Waals surface area contributed by atoms with Crippen molar-refractivity contribution in [1.29, 1.82) is 0 Å². The van der Waals surface area contributed by atoms with Crippen molar-refractivity contribution in [2.24, 2.45) is 17.8 Å². The largest absolute Gasteiger partial charge is 0.497 e. The van der Waals surface area contributed by atoms with Crippen molar-refractivity contribution in [1.82, 2.24) is 0 Å². The fourth-order valence-corrected chi connectivity index (χ4v) is 3.17. The van der Waals surface area contributed by atoms with Gasteiger partial charge in [-0.2, -0.15) is 0 Å². The average Bonchev–Trinajstić information content (AvgIpc) is 3.16. The molecule has 1 amide bonds. The predicted octanol–water partition coefficient (Wildman–Crippen LogP) is 2.39. The summed E-state index contributed by atoms with van der Waals surface area (Å²) >= 11 is 0. The number of nitrogens with one attached hydrogen (secondary N) is 1. The Labute approximate surface area is 129 Å². The molecule has 2 aliphatic carbocycles. The monoisotopic (exact) mass is 301 g/mol. The van der Waals surface area contributed by atoms with Crippen molar-refractivity contribution in [2.75, 3.05) is 19.0 Å². The molecular weight excluding hydrogens is 282 g/mol. The molecule has 2 aliphatic rings. The summed E-state index contributed by atoms with van der Waals surface area (Å²) in [6, 6.07) is 6.98. The first-order valence-corrected chi connectivity index (χ1v) is 7.44. The van der Waals surface area contributed by atoms with Crippen molar-refractivity contribution in [3.8, 4) is 5.75 Å². The van der Waals surface area contributed by atoms with Gasteiger partial charge in [0.15, 0.2) is 6.61 Å². The second kappa shape index (κ2) is 6.22. The van der Waals surface area contributed by atoms with Gasteiger partial charge in [-0.25, -0.2) is 0 Å². The van der Waals surface area contributed by atoms with Gasteiger partial charge in [0.2, 0.25) is 0 Å². The van der Waals surface area contributed by atoms with Gasteiger partial charge in [-0.1, -0.05) is 12.2 Å². The number of ether oxygens (including phenoxy) is 2. The van der Waals surface area contributed by atoms with Gasteiger partial charge in [-0.3, -0.25) is 9.59 Å². The maximum absolute atomic E-state index is 12.0. The Morgan fingerprint density at radius 2 is 1.95 bits per heavy atom. The van der Waals surface area contributed by atoms with Crippen LogP contribution in [0.15, 0.2) is 36.4 Å². The number of fused-ring (bicyclic) bond motifs is 2. The molecule has 0 heterocycles. The number of amides is 1. The highest BCUT2D eigenvalue weighted by Gasteiger charge is 2.40. The second-order valence-electron chi connectivity index (χ2n) is 5.77. The Balaban J connectivity index is 1.45. The molecule has 5 nitrogen and oxygen atoms in total. The first-order valence-electron chi connectivity index (χ1n) is 7.44. The molecule has 116 valence electrons. The van der Waals surface area contributed by atoms with E-state index in [0.717, 1.165) is 12.8 Å². The van der Waals surface area contributed by atoms with Crippen LogP contribution in [0.1, 0.15) is 12.8 Å². The molecule has 2 bridgehead atoms. The number of hydrogen-bond donors (Lipinski definition) is 1. The van der Waals surface area contributed by atoms with Gasteiger partial charge < -0.3 is 14.8 Å². The van der Waals surface area contributed by atoms with Crippen molar-refractivity contribution in [2.45, 2.75) is 12.8 Å². The summed E-state index contributed by atoms with van der Waals surface area (Å²) in [5, 5.41) is 2.69. The summed E-state index contributed by atoms with van der Waals surface area (Å²) in [7, 11) is 1.58. The molecule has 1 aromatic carbocycles. The maximum Gasteiger partial charge on any atom is 0.310 e. The zero-order valence-electron chi connectivity index (χ0n) is 12.5. The van der Waals surface area contributed by atoms with Crippen LogP contribution < -0.4 is 10.1 Å². The van der Waals surface area contributed by atoms with Crippen molar-refractivity contribution >= 4 is 17.6 Å². The van der Waals surface area contributed by atoms with Crippen molar-refractivity contribution in [3.05, 3.63) is 36.4 Å². The Hall–Kier alpha value is -2.30. The molecule has 1 fully saturated rings. The van der Waals surface area contributed by atoms with E-state index in [4.69, 9.17) is 9.47 Å². The van der Waals surface area contributed by atoms with Gasteiger partial charge >= 0.3 is 5.97 Å². The number of rotatable bonds is 5. The lowest BCUT2D eigenvalue weighted by Gasteiger charge is -2.16. The van der Waals surface area contributed by atoms with Crippen LogP contribution in [0.3, 0.4) is 0 Å². The molecule has 0 aromatic heterocycles. The Kier molecular flexibility index (Phi) is 4.13. The predicted molar refractivity (Wildman–Crippen MR) is 81.4 cm³/mol. The van der Waals surface area contributed by atoms with Crippen molar-refractivity contribution < 1.29 is 19.1 Å². The van der Waals surface area contributed by atoms with E-state index in [1.165, 1.54) is 0 Å². The summed E-state index contributed by atoms with van der Waals surface area (Å²) < 4.78 is 10.2. The highest BCUT2D eigenvalue weighted by molar-refractivity contribution is 5.93. The van der Waals surface area contributed by atoms with Gasteiger partial charge in [0, 0.05) is 5.69 Å². The fraction of sp³-hybridized carbons (Fsp3) is 0.412. The molecule has 0 unspecified atom stereocenters. The zero-order chi connectivity index (χ0) is 15.5. The molecule has 1 N–H and O–H groups in total. The van der Waals surface area contributed by atoms with Crippen LogP contribution in [0.2, 0.25) is 0 Å². The average molecular weight is 301 g/mol. The number of methoxy groups -OCH3 is 1. The minimum absolute atomic E-state index is 0.0798. The van der Waals surface area contributed by atoms with Crippen molar-refractivity contribution in [3.63, 3.8) is 0 Å². The quantitative estimate of drug-likeness (QED) is 0.670. The lowest BCUT2D eigenvalue weighted by molar-refractivity contribution is -0.152. The minimum atomic E-state index is -0.336. The third kappa shape index (κ3) is 3.13. The highest BCUT2D eigenvalue weighted by atomic mass is 16.5. The number of anilines is 1. The normalized spacial score (nSPS) is 25.0. The third-order valence-electron chi connectivity index (χ3n) is 4.30. The number of benzene rings is 1. The molecule has 3 rings (SSSR count). The van der Waals surface area contributed by atoms with Gasteiger partial charge in [-0.05, 0) is 48.9 Å². The first kappa shape index (κ1) is 14.6. The number of allylic oxidation sites excluding steroid dienone is 2. The Bertz CT molecular complexity index is 593. The molecule has 0 spiro atoms. The lowest BCUT2D eigenvalue weighted by Crippen LogP contribution is -2.26. The third-order valence-corrected chi connectivity index (χ3v) is 4.30. The van der Waals surface area contributed by atoms with E-state index >= 15 is 0 Å². The number of hydrogen-bond acceptors (Lipinski definition) is 4. The Morgan fingerprint density at radius 1 is 1.18 bits per heavy atom. The summed E-state index contributed by atoms with van der Waals surface area (Å²) in [4.78, 5) is 23.8. The van der Waals surface area contributed by atoms with Crippen LogP contribution in [-0.4, -0.2) is 25.6 Å². The molecular formula is C17H19NO4. The van der Waals surface area contributed by atoms with Gasteiger partial charge in [-0.15, -0.1) is 0 Å². The summed E-state index contributed by atoms with van der Waals surface area (Å²) in [6.45, 7) is -0.248. The van der Waals surface area contributed by atoms with Crippen LogP contribution in [0, 0.1) is 17.8 Å². The number of esters is 1. The van der Waals surface area contributed by atoms with E-state index < -0.39 is 0 Å². The van der Waals surface area contributed by atoms with Crippen LogP contribution in [0.25, 0.3) is 0 Å². The van der Waals surface area contributed by atoms with Crippen LogP contribution in [0.4, 0.5) is 5.69 Å². The Morgan fingerprint density at radius 3 is 2.55 bits per heavy atom. The molecule has 1 aromatic rings. The van der Waals surface area contributed by atoms with Gasteiger partial charge in [0.25, 0.3) is 5.91 Å². The summed E-state index contributed by atoms with van der Waals surface area (Å²) in [5.41, 5.74) is 0.643. The van der Waals surface area contributed by atoms with E-state index in [-0.39, 0.29) is 24.4 Å². The summed E-state index contributed by atoms with van der Waals surface area (Å²) in [5.74, 6) is 0.842. The zero-order valence-corrected chi connectivity index (χ0v) is 12.5. The molecule has 0 radical (unpaired) electrons. The number of carbonyl (C=O) groups excluding carboxylic acids is 2. The van der Waals surface area contributed by atoms with Crippen LogP contribution in [-0.2, 0) is 14.3 Å². The topological polar surface area (TPSA) is 64.6 Å². The minimum Gasteiger partial charge on any atom is -0.497 e. The molecule has 5 heteroatoms. The van der Waals surface area contributed by atoms with Crippen LogP contribution in [0.5, 0.6) is 5.75 Å². The lowest BCUT2D eigenvalue weighted by atomic mass is 9.94. The maximum atomic E-state index is 12.0. The standard InChI is InChI=1S/C17H19NO4/c1-21-14-6-4-13(5-7-14)18-16(19)10-22-17(20)15-9-11-2-3-12(15)8-11/h2-7,11-12,15H,8-10H2,1H3,(H,18,19)/t11-,12-,15-/m0/s1. The summed E-state index contributed by atoms with van der Waals surface area (Å²) in [6.07, 6.45) is 6.15. The van der Waals surface area contributed by atoms with E-state index in [1.807, 2.05) is 0 Å². The number of carbonyl (C=O) groups is 2. The molecule has 0 aliphatic heterocycles. The van der Waals surface area contributed by atoms with E-state index in [1.54, 1.807) is 31.4 Å². The molecule has 0 saturated heterocycles. The molecule has 1 saturated carbocycles. The van der Waals surface area contributed by atoms with E-state index in [9.17, 15) is 9.59 Å². The molecule has 3 atom stereocenters. The smallest absolute Gasteiger partial charge is 0.310 e. The first-order chi connectivity index (χ1) is 10.7. The van der Waals surface area contributed by atoms with Gasteiger partial charge in [0.05, 0.1) is 13.0 Å². The van der Waals surface area contributed by atoms with E-state index in [2.05, 4.69) is 17.5 Å². The SMILES string of the molecule is COc1ccc(NC(=O)COC(=O)[C@H]2C[C@H]3C=C[C@H]2C3)cc1. The van der Waals surface area contributed by atoms with E-state index in [0.29, 0.717) is 23.3 Å². The van der Waals surface area contributed by atoms with Gasteiger partial charge in [0.1, 0.15) is 5.75 Å². The van der Waals surface area contributed by atoms with Crippen LogP contribution >= 0.6 is 0 Å². The molecule has 22 heavy (non-hydrogen) atoms. The second-order valence-corrected chi connectivity index (χ2v) is 5.77. The highest BCUT2D eigenvalue weighted by Crippen LogP contribution is 2.43.